The Morgan fingerprint density at radius 1 is 1.06 bits per heavy atom. The summed E-state index contributed by atoms with van der Waals surface area (Å²) in [5, 5.41) is 3.04. The molecule has 35 heavy (non-hydrogen) atoms. The molecule has 10 heteroatoms. The van der Waals surface area contributed by atoms with Crippen LogP contribution < -0.4 is 9.62 Å². The molecule has 1 aliphatic rings. The average molecular weight is 616 g/mol. The lowest BCUT2D eigenvalue weighted by atomic mass is 9.95. The van der Waals surface area contributed by atoms with Gasteiger partial charge in [-0.25, -0.2) is 12.8 Å². The summed E-state index contributed by atoms with van der Waals surface area (Å²) in [5.41, 5.74) is 1.000. The Morgan fingerprint density at radius 2 is 1.66 bits per heavy atom. The lowest BCUT2D eigenvalue weighted by Crippen LogP contribution is -2.52. The Hall–Kier alpha value is -2.21. The van der Waals surface area contributed by atoms with E-state index in [1.54, 1.807) is 43.3 Å². The Morgan fingerprint density at radius 3 is 2.23 bits per heavy atom. The van der Waals surface area contributed by atoms with E-state index in [1.807, 2.05) is 0 Å². The van der Waals surface area contributed by atoms with Crippen molar-refractivity contribution in [2.24, 2.45) is 0 Å². The van der Waals surface area contributed by atoms with Crippen LogP contribution in [-0.2, 0) is 26.2 Å². The molecule has 0 unspecified atom stereocenters. The zero-order valence-corrected chi connectivity index (χ0v) is 22.9. The van der Waals surface area contributed by atoms with Gasteiger partial charge in [0.05, 0.1) is 11.9 Å². The highest BCUT2D eigenvalue weighted by molar-refractivity contribution is 14.1. The predicted molar refractivity (Wildman–Crippen MR) is 143 cm³/mol. The maximum Gasteiger partial charge on any atom is 0.244 e. The van der Waals surface area contributed by atoms with Crippen LogP contribution in [0.3, 0.4) is 0 Å². The number of nitrogens with one attached hydrogen (secondary N) is 1. The molecule has 1 saturated carbocycles. The van der Waals surface area contributed by atoms with Gasteiger partial charge in [-0.05, 0) is 84.3 Å². The third-order valence-electron chi connectivity index (χ3n) is 6.18. The minimum Gasteiger partial charge on any atom is -0.352 e. The van der Waals surface area contributed by atoms with Crippen LogP contribution >= 0.6 is 22.6 Å². The molecule has 0 heterocycles. The van der Waals surface area contributed by atoms with E-state index in [0.29, 0.717) is 11.3 Å². The monoisotopic (exact) mass is 615 g/mol. The summed E-state index contributed by atoms with van der Waals surface area (Å²) in [6.45, 7) is 1.22. The predicted octanol–water partition coefficient (Wildman–Crippen LogP) is 4.06. The first-order valence-electron chi connectivity index (χ1n) is 11.6. The van der Waals surface area contributed by atoms with Crippen molar-refractivity contribution >= 4 is 50.1 Å². The fourth-order valence-electron chi connectivity index (χ4n) is 4.16. The lowest BCUT2D eigenvalue weighted by molar-refractivity contribution is -0.139. The molecule has 190 valence electrons. The fraction of sp³-hybridized carbons (Fsp3) is 0.440. The Labute approximate surface area is 220 Å². The van der Waals surface area contributed by atoms with Gasteiger partial charge in [0.15, 0.2) is 0 Å². The highest BCUT2D eigenvalue weighted by Crippen LogP contribution is 2.21. The van der Waals surface area contributed by atoms with Gasteiger partial charge in [0.25, 0.3) is 0 Å². The fourth-order valence-corrected chi connectivity index (χ4v) is 5.37. The molecule has 2 aromatic rings. The summed E-state index contributed by atoms with van der Waals surface area (Å²) >= 11 is 2.12. The second-order valence-corrected chi connectivity index (χ2v) is 12.1. The van der Waals surface area contributed by atoms with Crippen molar-refractivity contribution in [1.82, 2.24) is 10.2 Å². The number of hydrogen-bond acceptors (Lipinski definition) is 4. The van der Waals surface area contributed by atoms with Gasteiger partial charge in [-0.2, -0.15) is 0 Å². The first-order chi connectivity index (χ1) is 16.5. The average Bonchev–Trinajstić information content (AvgIpc) is 2.82. The molecule has 1 fully saturated rings. The summed E-state index contributed by atoms with van der Waals surface area (Å²) in [6, 6.07) is 11.7. The quantitative estimate of drug-likeness (QED) is 0.432. The minimum absolute atomic E-state index is 0.0443. The first kappa shape index (κ1) is 27.4. The zero-order valence-electron chi connectivity index (χ0n) is 19.9. The maximum absolute atomic E-state index is 13.5. The number of hydrogen-bond donors (Lipinski definition) is 1. The number of carbonyl (C=O) groups excluding carboxylic acids is 2. The minimum atomic E-state index is -3.77. The molecule has 1 aliphatic carbocycles. The lowest BCUT2D eigenvalue weighted by Gasteiger charge is -2.33. The number of rotatable bonds is 9. The summed E-state index contributed by atoms with van der Waals surface area (Å²) in [4.78, 5) is 28.0. The highest BCUT2D eigenvalue weighted by atomic mass is 127. The molecular weight excluding hydrogens is 584 g/mol. The van der Waals surface area contributed by atoms with Crippen LogP contribution in [0.1, 0.15) is 44.6 Å². The van der Waals surface area contributed by atoms with Gasteiger partial charge in [0.2, 0.25) is 21.8 Å². The van der Waals surface area contributed by atoms with E-state index in [2.05, 4.69) is 27.9 Å². The number of benzene rings is 2. The number of nitrogens with zero attached hydrogens (tertiary/aromatic N) is 2. The van der Waals surface area contributed by atoms with Crippen molar-refractivity contribution in [1.29, 1.82) is 0 Å². The second-order valence-electron chi connectivity index (χ2n) is 8.91. The van der Waals surface area contributed by atoms with Crippen LogP contribution in [0.25, 0.3) is 0 Å². The third-order valence-corrected chi connectivity index (χ3v) is 8.04. The maximum atomic E-state index is 13.5. The topological polar surface area (TPSA) is 86.8 Å². The van der Waals surface area contributed by atoms with Gasteiger partial charge in [0.1, 0.15) is 18.4 Å². The highest BCUT2D eigenvalue weighted by Gasteiger charge is 2.31. The normalized spacial score (nSPS) is 15.3. The van der Waals surface area contributed by atoms with Gasteiger partial charge in [-0.3, -0.25) is 13.9 Å². The molecule has 0 spiro atoms. The summed E-state index contributed by atoms with van der Waals surface area (Å²) in [7, 11) is -3.77. The van der Waals surface area contributed by atoms with Crippen molar-refractivity contribution in [2.75, 3.05) is 17.1 Å². The van der Waals surface area contributed by atoms with E-state index in [4.69, 9.17) is 0 Å². The van der Waals surface area contributed by atoms with E-state index < -0.39 is 34.3 Å². The zero-order chi connectivity index (χ0) is 25.6. The largest absolute Gasteiger partial charge is 0.352 e. The number of amides is 2. The Kier molecular flexibility index (Phi) is 9.51. The van der Waals surface area contributed by atoms with Crippen molar-refractivity contribution in [2.45, 2.75) is 57.7 Å². The van der Waals surface area contributed by atoms with E-state index in [9.17, 15) is 22.4 Å². The summed E-state index contributed by atoms with van der Waals surface area (Å²) in [5.74, 6) is -1.21. The van der Waals surface area contributed by atoms with Crippen LogP contribution in [0.2, 0.25) is 0 Å². The van der Waals surface area contributed by atoms with E-state index in [-0.39, 0.29) is 18.5 Å². The molecule has 1 atom stereocenters. The Balaban J connectivity index is 1.85. The van der Waals surface area contributed by atoms with Crippen LogP contribution in [0, 0.1) is 9.39 Å². The number of anilines is 1. The van der Waals surface area contributed by atoms with Crippen LogP contribution in [-0.4, -0.2) is 50.0 Å². The van der Waals surface area contributed by atoms with Gasteiger partial charge in [0, 0.05) is 16.2 Å². The van der Waals surface area contributed by atoms with Gasteiger partial charge >= 0.3 is 0 Å². The molecule has 0 bridgehead atoms. The van der Waals surface area contributed by atoms with Gasteiger partial charge < -0.3 is 10.2 Å². The van der Waals surface area contributed by atoms with Gasteiger partial charge in [-0.1, -0.05) is 31.4 Å². The molecule has 2 aromatic carbocycles. The van der Waals surface area contributed by atoms with Gasteiger partial charge in [-0.15, -0.1) is 0 Å². The molecule has 0 aromatic heterocycles. The van der Waals surface area contributed by atoms with E-state index in [0.717, 1.165) is 46.2 Å². The molecule has 3 rings (SSSR count). The molecule has 0 aliphatic heterocycles. The number of sulfonamides is 1. The third kappa shape index (κ3) is 7.89. The van der Waals surface area contributed by atoms with Crippen LogP contribution in [0.4, 0.5) is 10.1 Å². The van der Waals surface area contributed by atoms with Crippen molar-refractivity contribution in [3.63, 3.8) is 0 Å². The SMILES string of the molecule is C[C@H](C(=O)NC1CCCCC1)N(Cc1ccc(F)cc1)C(=O)CN(c1ccc(I)cc1)S(C)(=O)=O. The van der Waals surface area contributed by atoms with Crippen LogP contribution in [0.5, 0.6) is 0 Å². The van der Waals surface area contributed by atoms with Crippen molar-refractivity contribution in [3.8, 4) is 0 Å². The van der Waals surface area contributed by atoms with E-state index >= 15 is 0 Å². The molecule has 0 saturated heterocycles. The number of carbonyl (C=O) groups is 2. The molecule has 7 nitrogen and oxygen atoms in total. The molecule has 2 amide bonds. The smallest absolute Gasteiger partial charge is 0.244 e. The standard InChI is InChI=1S/C25H31FIN3O4S/c1-18(25(32)28-22-6-4-3-5-7-22)29(16-19-8-10-20(26)11-9-19)24(31)17-30(35(2,33)34)23-14-12-21(27)13-15-23/h8-15,18,22H,3-7,16-17H2,1-2H3,(H,28,32)/t18-/m1/s1. The first-order valence-corrected chi connectivity index (χ1v) is 14.5. The second kappa shape index (κ2) is 12.2. The summed E-state index contributed by atoms with van der Waals surface area (Å²) in [6.07, 6.45) is 6.10. The van der Waals surface area contributed by atoms with Crippen molar-refractivity contribution < 1.29 is 22.4 Å². The Bertz CT molecular complexity index is 1120. The number of halogens is 2. The van der Waals surface area contributed by atoms with Crippen molar-refractivity contribution in [3.05, 3.63) is 63.5 Å². The van der Waals surface area contributed by atoms with Crippen LogP contribution in [0.15, 0.2) is 48.5 Å². The molecule has 1 N–H and O–H groups in total. The summed E-state index contributed by atoms with van der Waals surface area (Å²) < 4.78 is 40.5. The molecular formula is C25H31FIN3O4S. The molecule has 0 radical (unpaired) electrons. The van der Waals surface area contributed by atoms with E-state index in [1.165, 1.54) is 17.0 Å².